The van der Waals surface area contributed by atoms with Crippen molar-refractivity contribution in [3.63, 3.8) is 0 Å². The molecule has 0 amide bonds. The number of aliphatic carboxylic acids is 1. The molecule has 0 aliphatic rings. The molecule has 5 heteroatoms. The smallest absolute Gasteiger partial charge is 0.321 e. The first-order valence-electron chi connectivity index (χ1n) is 2.78. The zero-order chi connectivity index (χ0) is 8.85. The highest BCUT2D eigenvalue weighted by Crippen LogP contribution is 1.96. The quantitative estimate of drug-likeness (QED) is 0.411. The van der Waals surface area contributed by atoms with Crippen LogP contribution in [-0.2, 0) is 19.2 Å². The van der Waals surface area contributed by atoms with Gasteiger partial charge in [-0.2, -0.15) is 0 Å². The Hall–Kier alpha value is -1.52. The molecule has 0 fully saturated rings. The van der Waals surface area contributed by atoms with E-state index in [2.05, 4.69) is 0 Å². The molecule has 11 heavy (non-hydrogen) atoms. The van der Waals surface area contributed by atoms with E-state index >= 15 is 0 Å². The Kier molecular flexibility index (Phi) is 3.72. The van der Waals surface area contributed by atoms with Gasteiger partial charge in [-0.1, -0.05) is 0 Å². The molecule has 0 spiro atoms. The predicted octanol–water partition coefficient (Wildman–Crippen LogP) is -0.956. The highest BCUT2D eigenvalue weighted by atomic mass is 16.4. The number of carbonyl (C=O) groups excluding carboxylic acids is 3. The van der Waals surface area contributed by atoms with Crippen LogP contribution in [0.1, 0.15) is 6.42 Å². The molecule has 1 atom stereocenters. The molecule has 1 N–H and O–H groups in total. The van der Waals surface area contributed by atoms with Crippen LogP contribution in [0.25, 0.3) is 0 Å². The lowest BCUT2D eigenvalue weighted by Gasteiger charge is -1.98. The van der Waals surface area contributed by atoms with Gasteiger partial charge in [0, 0.05) is 0 Å². The van der Waals surface area contributed by atoms with Crippen LogP contribution in [0.2, 0.25) is 0 Å². The molecule has 0 saturated carbocycles. The van der Waals surface area contributed by atoms with Crippen LogP contribution in [0.15, 0.2) is 0 Å². The SMILES string of the molecule is O=CCC(=O)C(C=O)C(=O)O. The Balaban J connectivity index is 4.25. The van der Waals surface area contributed by atoms with Crippen LogP contribution in [0.3, 0.4) is 0 Å². The van der Waals surface area contributed by atoms with Crippen LogP contribution < -0.4 is 0 Å². The van der Waals surface area contributed by atoms with Gasteiger partial charge >= 0.3 is 5.97 Å². The third kappa shape index (κ3) is 2.70. The van der Waals surface area contributed by atoms with E-state index in [1.54, 1.807) is 0 Å². The fourth-order valence-corrected chi connectivity index (χ4v) is 0.481. The van der Waals surface area contributed by atoms with Gasteiger partial charge in [0.1, 0.15) is 12.6 Å². The summed E-state index contributed by atoms with van der Waals surface area (Å²) in [5, 5.41) is 8.20. The van der Waals surface area contributed by atoms with E-state index in [0.717, 1.165) is 0 Å². The minimum absolute atomic E-state index is 0.00810. The number of Topliss-reactive ketones (excluding diaryl/α,β-unsaturated/α-hetero) is 1. The minimum atomic E-state index is -1.69. The zero-order valence-electron chi connectivity index (χ0n) is 5.52. The maximum Gasteiger partial charge on any atom is 0.321 e. The molecular weight excluding hydrogens is 152 g/mol. The first-order valence-corrected chi connectivity index (χ1v) is 2.78. The van der Waals surface area contributed by atoms with Crippen molar-refractivity contribution in [2.75, 3.05) is 0 Å². The van der Waals surface area contributed by atoms with Gasteiger partial charge in [-0.15, -0.1) is 0 Å². The van der Waals surface area contributed by atoms with Crippen molar-refractivity contribution in [3.8, 4) is 0 Å². The molecule has 0 aromatic rings. The van der Waals surface area contributed by atoms with E-state index in [1.165, 1.54) is 0 Å². The summed E-state index contributed by atoms with van der Waals surface area (Å²) in [6.45, 7) is 0. The number of rotatable bonds is 5. The van der Waals surface area contributed by atoms with Crippen LogP contribution in [0.4, 0.5) is 0 Å². The van der Waals surface area contributed by atoms with Crippen molar-refractivity contribution in [1.82, 2.24) is 0 Å². The first kappa shape index (κ1) is 9.48. The van der Waals surface area contributed by atoms with Gasteiger partial charge in [-0.3, -0.25) is 9.59 Å². The molecule has 0 saturated heterocycles. The van der Waals surface area contributed by atoms with Crippen molar-refractivity contribution < 1.29 is 24.3 Å². The van der Waals surface area contributed by atoms with Crippen LogP contribution in [-0.4, -0.2) is 29.4 Å². The van der Waals surface area contributed by atoms with Crippen molar-refractivity contribution in [1.29, 1.82) is 0 Å². The van der Waals surface area contributed by atoms with E-state index in [9.17, 15) is 19.2 Å². The number of aldehydes is 2. The lowest BCUT2D eigenvalue weighted by Crippen LogP contribution is -2.25. The number of carboxylic acid groups (broad SMARTS) is 1. The molecule has 1 unspecified atom stereocenters. The standard InChI is InChI=1S/C6H6O5/c7-2-1-5(9)4(3-8)6(10)11/h2-4H,1H2,(H,10,11). The third-order valence-electron chi connectivity index (χ3n) is 1.03. The number of ketones is 1. The Morgan fingerprint density at radius 3 is 2.18 bits per heavy atom. The van der Waals surface area contributed by atoms with Gasteiger partial charge in [-0.25, -0.2) is 0 Å². The monoisotopic (exact) mass is 158 g/mol. The second kappa shape index (κ2) is 4.32. The maximum atomic E-state index is 10.6. The summed E-state index contributed by atoms with van der Waals surface area (Å²) in [5.74, 6) is -4.10. The zero-order valence-corrected chi connectivity index (χ0v) is 5.52. The largest absolute Gasteiger partial charge is 0.480 e. The third-order valence-corrected chi connectivity index (χ3v) is 1.03. The predicted molar refractivity (Wildman–Crippen MR) is 32.9 cm³/mol. The van der Waals surface area contributed by atoms with E-state index in [-0.39, 0.29) is 12.6 Å². The molecule has 0 rings (SSSR count). The molecule has 60 valence electrons. The lowest BCUT2D eigenvalue weighted by molar-refractivity contribution is -0.147. The highest BCUT2D eigenvalue weighted by Gasteiger charge is 2.24. The van der Waals surface area contributed by atoms with Crippen molar-refractivity contribution >= 4 is 24.3 Å². The summed E-state index contributed by atoms with van der Waals surface area (Å²) in [6, 6.07) is 0. The van der Waals surface area contributed by atoms with Crippen molar-refractivity contribution in [2.24, 2.45) is 5.92 Å². The second-order valence-electron chi connectivity index (χ2n) is 1.79. The van der Waals surface area contributed by atoms with Crippen molar-refractivity contribution in [3.05, 3.63) is 0 Å². The molecule has 0 aliphatic heterocycles. The van der Waals surface area contributed by atoms with E-state index < -0.39 is 24.1 Å². The second-order valence-corrected chi connectivity index (χ2v) is 1.79. The number of hydrogen-bond acceptors (Lipinski definition) is 4. The molecule has 0 bridgehead atoms. The Bertz CT molecular complexity index is 195. The van der Waals surface area contributed by atoms with Gasteiger partial charge < -0.3 is 14.7 Å². The Labute approximate surface area is 62.0 Å². The van der Waals surface area contributed by atoms with Crippen LogP contribution in [0.5, 0.6) is 0 Å². The summed E-state index contributed by atoms with van der Waals surface area (Å²) in [4.78, 5) is 40.3. The van der Waals surface area contributed by atoms with Gasteiger partial charge in [0.2, 0.25) is 0 Å². The van der Waals surface area contributed by atoms with Gasteiger partial charge in [0.15, 0.2) is 11.7 Å². The highest BCUT2D eigenvalue weighted by molar-refractivity contribution is 6.12. The average molecular weight is 158 g/mol. The van der Waals surface area contributed by atoms with Crippen LogP contribution >= 0.6 is 0 Å². The van der Waals surface area contributed by atoms with E-state index in [4.69, 9.17) is 5.11 Å². The van der Waals surface area contributed by atoms with E-state index in [1.807, 2.05) is 0 Å². The molecule has 0 heterocycles. The molecule has 0 aromatic heterocycles. The van der Waals surface area contributed by atoms with Gasteiger partial charge in [0.05, 0.1) is 6.42 Å². The topological polar surface area (TPSA) is 88.5 Å². The number of carbonyl (C=O) groups is 4. The molecule has 0 radical (unpaired) electrons. The molecule has 0 aromatic carbocycles. The lowest BCUT2D eigenvalue weighted by atomic mass is 10.0. The maximum absolute atomic E-state index is 10.6. The molecular formula is C6H6O5. The van der Waals surface area contributed by atoms with Gasteiger partial charge in [0.25, 0.3) is 0 Å². The molecule has 5 nitrogen and oxygen atoms in total. The summed E-state index contributed by atoms with van der Waals surface area (Å²) in [5.41, 5.74) is 0. The minimum Gasteiger partial charge on any atom is -0.480 e. The normalized spacial score (nSPS) is 11.6. The summed E-state index contributed by atoms with van der Waals surface area (Å²) in [6.07, 6.45) is -0.258. The van der Waals surface area contributed by atoms with Crippen LogP contribution in [0, 0.1) is 5.92 Å². The summed E-state index contributed by atoms with van der Waals surface area (Å²) < 4.78 is 0. The number of carboxylic acids is 1. The Morgan fingerprint density at radius 2 is 1.91 bits per heavy atom. The Morgan fingerprint density at radius 1 is 1.36 bits per heavy atom. The molecule has 0 aliphatic carbocycles. The fourth-order valence-electron chi connectivity index (χ4n) is 0.481. The van der Waals surface area contributed by atoms with E-state index in [0.29, 0.717) is 0 Å². The van der Waals surface area contributed by atoms with Crippen molar-refractivity contribution in [2.45, 2.75) is 6.42 Å². The fraction of sp³-hybridized carbons (Fsp3) is 0.333. The van der Waals surface area contributed by atoms with Gasteiger partial charge in [-0.05, 0) is 0 Å². The number of hydrogen-bond donors (Lipinski definition) is 1. The first-order chi connectivity index (χ1) is 5.13. The average Bonchev–Trinajstić information content (AvgIpc) is 1.88. The summed E-state index contributed by atoms with van der Waals surface area (Å²) >= 11 is 0. The summed E-state index contributed by atoms with van der Waals surface area (Å²) in [7, 11) is 0.